The molecule has 0 aliphatic heterocycles. The number of carbonyl (C=O) groups is 2. The molecule has 2 amide bonds. The van der Waals surface area contributed by atoms with Gasteiger partial charge in [0.1, 0.15) is 18.2 Å². The molecule has 0 bridgehead atoms. The van der Waals surface area contributed by atoms with Crippen LogP contribution < -0.4 is 15.7 Å². The number of hydrogen-bond acceptors (Lipinski definition) is 5. The predicted octanol–water partition coefficient (Wildman–Crippen LogP) is 0.489. The highest BCUT2D eigenvalue weighted by Crippen LogP contribution is 2.23. The number of carboxylic acid groups (broad SMARTS) is 1. The number of carbonyl (C=O) groups excluding carboxylic acids is 2. The summed E-state index contributed by atoms with van der Waals surface area (Å²) in [7, 11) is 0. The molecule has 2 N–H and O–H groups in total. The molecule has 0 spiro atoms. The lowest BCUT2D eigenvalue weighted by Crippen LogP contribution is -2.50. The summed E-state index contributed by atoms with van der Waals surface area (Å²) in [5, 5.41) is 18.3. The molecule has 2 aromatic rings. The van der Waals surface area contributed by atoms with Crippen LogP contribution in [-0.2, 0) is 0 Å². The minimum absolute atomic E-state index is 0.0337. The van der Waals surface area contributed by atoms with Crippen LogP contribution in [0.3, 0.4) is 0 Å². The lowest BCUT2D eigenvalue weighted by molar-refractivity contribution is -0.251. The van der Waals surface area contributed by atoms with Gasteiger partial charge in [-0.1, -0.05) is 17.3 Å². The second kappa shape index (κ2) is 6.04. The fourth-order valence-corrected chi connectivity index (χ4v) is 1.71. The molecular formula is C13H11FN3O4-. The highest BCUT2D eigenvalue weighted by molar-refractivity contribution is 5.98. The zero-order chi connectivity index (χ0) is 15.4. The Labute approximate surface area is 118 Å². The van der Waals surface area contributed by atoms with E-state index in [-0.39, 0.29) is 5.69 Å². The van der Waals surface area contributed by atoms with Gasteiger partial charge in [0.2, 0.25) is 0 Å². The molecule has 2 rings (SSSR count). The lowest BCUT2D eigenvalue weighted by Gasteiger charge is -2.16. The van der Waals surface area contributed by atoms with Crippen molar-refractivity contribution in [1.82, 2.24) is 15.8 Å². The Bertz CT molecular complexity index is 654. The Morgan fingerprint density at radius 2 is 1.95 bits per heavy atom. The summed E-state index contributed by atoms with van der Waals surface area (Å²) in [6, 6.07) is 5.43. The summed E-state index contributed by atoms with van der Waals surface area (Å²) >= 11 is 0. The van der Waals surface area contributed by atoms with Gasteiger partial charge in [-0.05, 0) is 24.6 Å². The third-order valence-corrected chi connectivity index (χ3v) is 2.62. The first-order chi connectivity index (χ1) is 9.97. The standard InChI is InChI=1S/C13H12FN3O4/c1-7(16-13(19)20)15-12(18)11-10(6-21-17-11)8-2-4-9(14)5-3-8/h2-7,16H,1H3,(H,15,18)(H,19,20)/p-1. The average Bonchev–Trinajstić information content (AvgIpc) is 2.87. The maximum absolute atomic E-state index is 12.9. The van der Waals surface area contributed by atoms with Crippen molar-refractivity contribution in [1.29, 1.82) is 0 Å². The van der Waals surface area contributed by atoms with Crippen LogP contribution >= 0.6 is 0 Å². The van der Waals surface area contributed by atoms with Gasteiger partial charge >= 0.3 is 0 Å². The first-order valence-electron chi connectivity index (χ1n) is 5.96. The molecule has 0 aliphatic carbocycles. The van der Waals surface area contributed by atoms with Gasteiger partial charge in [0.05, 0.1) is 11.7 Å². The maximum Gasteiger partial charge on any atom is 0.275 e. The van der Waals surface area contributed by atoms with Crippen LogP contribution in [0.4, 0.5) is 9.18 Å². The molecule has 1 aromatic carbocycles. The van der Waals surface area contributed by atoms with E-state index in [4.69, 9.17) is 4.52 Å². The molecule has 21 heavy (non-hydrogen) atoms. The molecule has 110 valence electrons. The van der Waals surface area contributed by atoms with Crippen molar-refractivity contribution in [2.75, 3.05) is 0 Å². The molecule has 1 unspecified atom stereocenters. The van der Waals surface area contributed by atoms with E-state index in [9.17, 15) is 19.1 Å². The fourth-order valence-electron chi connectivity index (χ4n) is 1.71. The smallest absolute Gasteiger partial charge is 0.275 e. The highest BCUT2D eigenvalue weighted by atomic mass is 19.1. The van der Waals surface area contributed by atoms with Gasteiger partial charge in [0, 0.05) is 0 Å². The van der Waals surface area contributed by atoms with Crippen molar-refractivity contribution in [3.63, 3.8) is 0 Å². The molecule has 1 heterocycles. The quantitative estimate of drug-likeness (QED) is 0.797. The zero-order valence-electron chi connectivity index (χ0n) is 10.9. The van der Waals surface area contributed by atoms with E-state index in [0.717, 1.165) is 0 Å². The number of nitrogens with zero attached hydrogens (tertiary/aromatic N) is 1. The normalized spacial score (nSPS) is 11.7. The van der Waals surface area contributed by atoms with Crippen molar-refractivity contribution in [3.8, 4) is 11.1 Å². The van der Waals surface area contributed by atoms with Crippen molar-refractivity contribution >= 4 is 12.0 Å². The van der Waals surface area contributed by atoms with Crippen LogP contribution in [0.25, 0.3) is 11.1 Å². The monoisotopic (exact) mass is 292 g/mol. The maximum atomic E-state index is 12.9. The minimum atomic E-state index is -1.51. The molecule has 0 saturated carbocycles. The van der Waals surface area contributed by atoms with Crippen molar-refractivity contribution in [2.24, 2.45) is 0 Å². The topological polar surface area (TPSA) is 107 Å². The summed E-state index contributed by atoms with van der Waals surface area (Å²) in [6.45, 7) is 1.42. The summed E-state index contributed by atoms with van der Waals surface area (Å²) in [6.07, 6.45) is -1.12. The number of amides is 2. The predicted molar refractivity (Wildman–Crippen MR) is 67.4 cm³/mol. The van der Waals surface area contributed by atoms with Gasteiger partial charge in [-0.25, -0.2) is 4.39 Å². The molecule has 1 aromatic heterocycles. The molecule has 1 atom stereocenters. The van der Waals surface area contributed by atoms with Crippen LogP contribution in [0.15, 0.2) is 35.1 Å². The third kappa shape index (κ3) is 3.56. The zero-order valence-corrected chi connectivity index (χ0v) is 10.9. The number of halogens is 1. The van der Waals surface area contributed by atoms with E-state index in [2.05, 4.69) is 10.5 Å². The Morgan fingerprint density at radius 3 is 2.57 bits per heavy atom. The Morgan fingerprint density at radius 1 is 1.29 bits per heavy atom. The van der Waals surface area contributed by atoms with Gasteiger partial charge in [-0.15, -0.1) is 0 Å². The summed E-state index contributed by atoms with van der Waals surface area (Å²) in [5.41, 5.74) is 0.880. The molecule has 7 nitrogen and oxygen atoms in total. The van der Waals surface area contributed by atoms with E-state index in [1.807, 2.05) is 5.32 Å². The van der Waals surface area contributed by atoms with Gasteiger partial charge in [0.25, 0.3) is 5.91 Å². The summed E-state index contributed by atoms with van der Waals surface area (Å²) in [5.74, 6) is -1.04. The van der Waals surface area contributed by atoms with Crippen LogP contribution in [-0.4, -0.2) is 23.3 Å². The number of hydrogen-bond donors (Lipinski definition) is 2. The fraction of sp³-hybridized carbons (Fsp3) is 0.154. The molecular weight excluding hydrogens is 281 g/mol. The van der Waals surface area contributed by atoms with E-state index < -0.39 is 24.0 Å². The number of aromatic nitrogens is 1. The molecule has 0 radical (unpaired) electrons. The first kappa shape index (κ1) is 14.5. The van der Waals surface area contributed by atoms with E-state index in [1.54, 1.807) is 0 Å². The van der Waals surface area contributed by atoms with Crippen LogP contribution in [0.5, 0.6) is 0 Å². The van der Waals surface area contributed by atoms with Gasteiger partial charge in [-0.3, -0.25) is 4.79 Å². The third-order valence-electron chi connectivity index (χ3n) is 2.62. The minimum Gasteiger partial charge on any atom is -0.530 e. The molecule has 8 heteroatoms. The van der Waals surface area contributed by atoms with Crippen LogP contribution in [0.1, 0.15) is 17.4 Å². The Balaban J connectivity index is 2.18. The molecule has 0 fully saturated rings. The number of benzene rings is 1. The average molecular weight is 292 g/mol. The van der Waals surface area contributed by atoms with Crippen LogP contribution in [0.2, 0.25) is 0 Å². The summed E-state index contributed by atoms with van der Waals surface area (Å²) in [4.78, 5) is 22.4. The van der Waals surface area contributed by atoms with Crippen LogP contribution in [0, 0.1) is 5.82 Å². The second-order valence-electron chi connectivity index (χ2n) is 4.21. The van der Waals surface area contributed by atoms with Gasteiger partial charge in [-0.2, -0.15) is 0 Å². The largest absolute Gasteiger partial charge is 0.530 e. The number of nitrogens with one attached hydrogen (secondary N) is 2. The SMILES string of the molecule is CC(NC(=O)[O-])NC(=O)c1nocc1-c1ccc(F)cc1. The van der Waals surface area contributed by atoms with E-state index in [0.29, 0.717) is 11.1 Å². The van der Waals surface area contributed by atoms with Gasteiger partial charge in [0.15, 0.2) is 5.69 Å². The molecule has 0 saturated heterocycles. The van der Waals surface area contributed by atoms with Gasteiger partial charge < -0.3 is 25.1 Å². The molecule has 0 aliphatic rings. The highest BCUT2D eigenvalue weighted by Gasteiger charge is 2.19. The van der Waals surface area contributed by atoms with Crippen molar-refractivity contribution < 1.29 is 23.6 Å². The van der Waals surface area contributed by atoms with E-state index in [1.165, 1.54) is 37.5 Å². The van der Waals surface area contributed by atoms with Crippen molar-refractivity contribution in [2.45, 2.75) is 13.1 Å². The van der Waals surface area contributed by atoms with E-state index >= 15 is 0 Å². The second-order valence-corrected chi connectivity index (χ2v) is 4.21. The lowest BCUT2D eigenvalue weighted by atomic mass is 10.1. The van der Waals surface area contributed by atoms with Crippen molar-refractivity contribution in [3.05, 3.63) is 42.0 Å². The first-order valence-corrected chi connectivity index (χ1v) is 5.96. The Hall–Kier alpha value is -2.90. The summed E-state index contributed by atoms with van der Waals surface area (Å²) < 4.78 is 17.7. The Kier molecular flexibility index (Phi) is 4.17. The number of rotatable bonds is 4.